The fourth-order valence-electron chi connectivity index (χ4n) is 3.48. The first kappa shape index (κ1) is 37.6. The van der Waals surface area contributed by atoms with Gasteiger partial charge in [0, 0.05) is 48.4 Å². The summed E-state index contributed by atoms with van der Waals surface area (Å²) in [5.41, 5.74) is 1.57. The molecule has 0 fully saturated rings. The van der Waals surface area contributed by atoms with Crippen LogP contribution in [0.25, 0.3) is 0 Å². The van der Waals surface area contributed by atoms with E-state index in [1.807, 2.05) is 0 Å². The Bertz CT molecular complexity index is 1010. The molecule has 39 heavy (non-hydrogen) atoms. The minimum absolute atomic E-state index is 0. The van der Waals surface area contributed by atoms with Crippen molar-refractivity contribution in [2.24, 2.45) is 0 Å². The predicted octanol–water partition coefficient (Wildman–Crippen LogP) is -0.375. The maximum Gasteiger partial charge on any atom is 3.00 e. The van der Waals surface area contributed by atoms with Crippen molar-refractivity contribution >= 4 is 15.2 Å². The SMILES string of the molecule is O=P(O)(O)CN(CCO)Cc1cccc(CO)c1O.O=P(O)(O)CN(CCO)Cc1cccc(CO)c1O.[Fe+3]. The molecule has 14 nitrogen and oxygen atoms in total. The predicted molar refractivity (Wildman–Crippen MR) is 137 cm³/mol. The first-order chi connectivity index (χ1) is 17.7. The molecule has 0 heterocycles. The van der Waals surface area contributed by atoms with Crippen molar-refractivity contribution in [3.05, 3.63) is 58.7 Å². The van der Waals surface area contributed by atoms with Gasteiger partial charge >= 0.3 is 32.3 Å². The minimum atomic E-state index is -4.24. The molecule has 2 aromatic rings. The van der Waals surface area contributed by atoms with E-state index in [1.54, 1.807) is 36.4 Å². The van der Waals surface area contributed by atoms with Crippen molar-refractivity contribution in [3.8, 4) is 11.5 Å². The van der Waals surface area contributed by atoms with Crippen LogP contribution in [0.15, 0.2) is 36.4 Å². The normalized spacial score (nSPS) is 11.7. The number of hydrogen-bond donors (Lipinski definition) is 10. The molecule has 0 aromatic heterocycles. The van der Waals surface area contributed by atoms with Gasteiger partial charge in [0.05, 0.1) is 26.4 Å². The molecule has 1 radical (unpaired) electrons. The number of para-hydroxylation sites is 2. The third-order valence-corrected chi connectivity index (χ3v) is 6.67. The maximum atomic E-state index is 11.0. The fraction of sp³-hybridized carbons (Fsp3) is 0.455. The summed E-state index contributed by atoms with van der Waals surface area (Å²) in [4.78, 5) is 38.5. The molecule has 2 aromatic carbocycles. The maximum absolute atomic E-state index is 11.0. The van der Waals surface area contributed by atoms with Gasteiger partial charge in [0.15, 0.2) is 0 Å². The molecule has 0 aliphatic rings. The molecule has 2 rings (SSSR count). The molecular weight excluding hydrogens is 602 g/mol. The van der Waals surface area contributed by atoms with Gasteiger partial charge in [-0.1, -0.05) is 36.4 Å². The summed E-state index contributed by atoms with van der Waals surface area (Å²) in [7, 11) is -8.48. The molecule has 0 saturated heterocycles. The molecule has 0 bridgehead atoms. The number of aliphatic hydroxyl groups is 4. The summed E-state index contributed by atoms with van der Waals surface area (Å²) < 4.78 is 22.0. The Morgan fingerprint density at radius 3 is 1.15 bits per heavy atom. The number of rotatable bonds is 14. The Kier molecular flexibility index (Phi) is 17.5. The van der Waals surface area contributed by atoms with Crippen molar-refractivity contribution in [2.45, 2.75) is 26.3 Å². The molecular formula is C22H36FeN2O12P2+3. The van der Waals surface area contributed by atoms with Crippen LogP contribution in [0.3, 0.4) is 0 Å². The van der Waals surface area contributed by atoms with Gasteiger partial charge in [-0.25, -0.2) is 0 Å². The van der Waals surface area contributed by atoms with Gasteiger partial charge in [-0.3, -0.25) is 18.9 Å². The van der Waals surface area contributed by atoms with Gasteiger partial charge in [0.1, 0.15) is 24.1 Å². The molecule has 0 unspecified atom stereocenters. The number of benzene rings is 2. The van der Waals surface area contributed by atoms with E-state index >= 15 is 0 Å². The van der Waals surface area contributed by atoms with E-state index < -0.39 is 27.8 Å². The Morgan fingerprint density at radius 1 is 0.590 bits per heavy atom. The summed E-state index contributed by atoms with van der Waals surface area (Å²) in [6.07, 6.45) is -1.01. The molecule has 0 amide bonds. The standard InChI is InChI=1S/2C11H18NO6P.Fe/c2*13-5-4-12(8-19(16,17)18)6-9-2-1-3-10(7-14)11(9)15;/h2*1-3,13-15H,4-8H2,(H2,16,17,18);/q;;+3. The van der Waals surface area contributed by atoms with Gasteiger partial charge in [0.2, 0.25) is 0 Å². The first-order valence-electron chi connectivity index (χ1n) is 11.3. The third-order valence-electron chi connectivity index (χ3n) is 5.14. The number of aliphatic hydroxyl groups excluding tert-OH is 4. The zero-order chi connectivity index (χ0) is 28.9. The van der Waals surface area contributed by atoms with E-state index in [-0.39, 0.29) is 81.2 Å². The van der Waals surface area contributed by atoms with Crippen LogP contribution >= 0.6 is 15.2 Å². The number of aromatic hydroxyl groups is 2. The zero-order valence-corrected chi connectivity index (χ0v) is 23.9. The van der Waals surface area contributed by atoms with Gasteiger partial charge < -0.3 is 50.2 Å². The second kappa shape index (κ2) is 18.1. The van der Waals surface area contributed by atoms with Crippen LogP contribution in [0.5, 0.6) is 11.5 Å². The van der Waals surface area contributed by atoms with E-state index in [0.717, 1.165) is 0 Å². The van der Waals surface area contributed by atoms with E-state index in [9.17, 15) is 19.3 Å². The monoisotopic (exact) mass is 638 g/mol. The average Bonchev–Trinajstić information content (AvgIpc) is 2.80. The van der Waals surface area contributed by atoms with Crippen LogP contribution in [0.4, 0.5) is 0 Å². The van der Waals surface area contributed by atoms with E-state index in [4.69, 9.17) is 40.0 Å². The molecule has 0 aliphatic carbocycles. The largest absolute Gasteiger partial charge is 3.00 e. The number of nitrogens with zero attached hydrogens (tertiary/aromatic N) is 2. The molecule has 221 valence electrons. The third kappa shape index (κ3) is 14.7. The van der Waals surface area contributed by atoms with E-state index in [0.29, 0.717) is 22.3 Å². The first-order valence-corrected chi connectivity index (χ1v) is 14.9. The van der Waals surface area contributed by atoms with Crippen LogP contribution in [0.2, 0.25) is 0 Å². The minimum Gasteiger partial charge on any atom is -0.507 e. The van der Waals surface area contributed by atoms with Crippen molar-refractivity contribution in [1.29, 1.82) is 0 Å². The van der Waals surface area contributed by atoms with Crippen LogP contribution in [-0.2, 0) is 52.5 Å². The van der Waals surface area contributed by atoms with Crippen molar-refractivity contribution in [2.75, 3.05) is 38.9 Å². The summed E-state index contributed by atoms with van der Waals surface area (Å²) in [6, 6.07) is 9.57. The molecule has 0 aliphatic heterocycles. The summed E-state index contributed by atoms with van der Waals surface area (Å²) in [5, 5.41) is 55.5. The van der Waals surface area contributed by atoms with Gasteiger partial charge in [-0.2, -0.15) is 0 Å². The number of hydrogen-bond acceptors (Lipinski definition) is 10. The summed E-state index contributed by atoms with van der Waals surface area (Å²) >= 11 is 0. The van der Waals surface area contributed by atoms with Gasteiger partial charge in [-0.15, -0.1) is 0 Å². The molecule has 10 N–H and O–H groups in total. The van der Waals surface area contributed by atoms with Gasteiger partial charge in [0.25, 0.3) is 0 Å². The van der Waals surface area contributed by atoms with Crippen LogP contribution < -0.4 is 0 Å². The van der Waals surface area contributed by atoms with E-state index in [1.165, 1.54) is 9.80 Å². The second-order valence-corrected chi connectivity index (χ2v) is 11.6. The van der Waals surface area contributed by atoms with Crippen molar-refractivity contribution in [1.82, 2.24) is 9.80 Å². The molecule has 0 spiro atoms. The van der Waals surface area contributed by atoms with Crippen LogP contribution in [0, 0.1) is 0 Å². The Hall–Kier alpha value is -1.38. The molecule has 0 saturated carbocycles. The van der Waals surface area contributed by atoms with Gasteiger partial charge in [-0.05, 0) is 0 Å². The van der Waals surface area contributed by atoms with Crippen molar-refractivity contribution < 1.29 is 76.4 Å². The van der Waals surface area contributed by atoms with E-state index in [2.05, 4.69) is 0 Å². The van der Waals surface area contributed by atoms with Crippen LogP contribution in [0.1, 0.15) is 22.3 Å². The Morgan fingerprint density at radius 2 is 0.897 bits per heavy atom. The number of phenols is 2. The average molecular weight is 638 g/mol. The summed E-state index contributed by atoms with van der Waals surface area (Å²) in [6.45, 7) is -0.838. The zero-order valence-electron chi connectivity index (χ0n) is 21.0. The quantitative estimate of drug-likeness (QED) is 0.0938. The molecule has 0 atom stereocenters. The second-order valence-electron chi connectivity index (χ2n) is 8.33. The molecule has 17 heteroatoms. The Balaban J connectivity index is 0.000000722. The summed E-state index contributed by atoms with van der Waals surface area (Å²) in [5.74, 6) is -0.197. The smallest absolute Gasteiger partial charge is 0.507 e. The fourth-order valence-corrected chi connectivity index (χ4v) is 5.01. The Labute approximate surface area is 236 Å². The van der Waals surface area contributed by atoms with Crippen molar-refractivity contribution in [3.63, 3.8) is 0 Å². The topological polar surface area (TPSA) is 243 Å². The van der Waals surface area contributed by atoms with Crippen LogP contribution in [-0.4, -0.2) is 98.9 Å².